The number of fused-ring (bicyclic) bond motifs is 1. The minimum absolute atomic E-state index is 0.460. The smallest absolute Gasteiger partial charge is 0.0408 e. The Morgan fingerprint density at radius 3 is 2.42 bits per heavy atom. The van der Waals surface area contributed by atoms with Crippen molar-refractivity contribution in [2.75, 3.05) is 14.1 Å². The topological polar surface area (TPSA) is 3.24 Å². The minimum Gasteiger partial charge on any atom is -0.302 e. The average molecular weight is 272 g/mol. The average Bonchev–Trinajstić information content (AvgIpc) is 2.78. The van der Waals surface area contributed by atoms with Crippen LogP contribution in [-0.2, 0) is 0 Å². The highest BCUT2D eigenvalue weighted by Crippen LogP contribution is 2.46. The van der Waals surface area contributed by atoms with Crippen molar-refractivity contribution in [2.45, 2.75) is 18.4 Å². The third kappa shape index (κ3) is 2.29. The summed E-state index contributed by atoms with van der Waals surface area (Å²) >= 11 is 6.14. The molecule has 2 atom stereocenters. The fraction of sp³-hybridized carbons (Fsp3) is 0.294. The Bertz CT molecular complexity index is 591. The van der Waals surface area contributed by atoms with Gasteiger partial charge in [-0.3, -0.25) is 0 Å². The van der Waals surface area contributed by atoms with Gasteiger partial charge in [0, 0.05) is 17.0 Å². The normalized spacial score (nSPS) is 21.7. The van der Waals surface area contributed by atoms with Crippen molar-refractivity contribution in [2.24, 2.45) is 0 Å². The molecule has 19 heavy (non-hydrogen) atoms. The molecule has 0 heterocycles. The van der Waals surface area contributed by atoms with Gasteiger partial charge in [0.2, 0.25) is 0 Å². The van der Waals surface area contributed by atoms with E-state index in [1.165, 1.54) is 16.7 Å². The summed E-state index contributed by atoms with van der Waals surface area (Å²) in [6.45, 7) is 0. The summed E-state index contributed by atoms with van der Waals surface area (Å²) in [5.41, 5.74) is 4.23. The fourth-order valence-electron chi connectivity index (χ4n) is 3.14. The van der Waals surface area contributed by atoms with Crippen LogP contribution < -0.4 is 0 Å². The van der Waals surface area contributed by atoms with Crippen LogP contribution in [0.2, 0.25) is 5.02 Å². The van der Waals surface area contributed by atoms with E-state index >= 15 is 0 Å². The van der Waals surface area contributed by atoms with Gasteiger partial charge in [-0.2, -0.15) is 0 Å². The first-order valence-electron chi connectivity index (χ1n) is 6.67. The van der Waals surface area contributed by atoms with Gasteiger partial charge in [-0.1, -0.05) is 48.0 Å². The second-order valence-electron chi connectivity index (χ2n) is 5.45. The molecule has 1 nitrogen and oxygen atoms in total. The summed E-state index contributed by atoms with van der Waals surface area (Å²) < 4.78 is 0. The predicted octanol–water partition coefficient (Wildman–Crippen LogP) is 4.48. The van der Waals surface area contributed by atoms with Gasteiger partial charge in [-0.15, -0.1) is 0 Å². The van der Waals surface area contributed by atoms with E-state index in [1.807, 2.05) is 12.1 Å². The molecule has 0 aliphatic heterocycles. The van der Waals surface area contributed by atoms with Gasteiger partial charge in [-0.25, -0.2) is 0 Å². The molecule has 0 N–H and O–H groups in total. The number of hydrogen-bond donors (Lipinski definition) is 0. The van der Waals surface area contributed by atoms with Crippen molar-refractivity contribution in [3.63, 3.8) is 0 Å². The molecule has 2 aromatic rings. The largest absolute Gasteiger partial charge is 0.302 e. The quantitative estimate of drug-likeness (QED) is 0.778. The van der Waals surface area contributed by atoms with Crippen LogP contribution in [0, 0.1) is 0 Å². The van der Waals surface area contributed by atoms with E-state index in [1.54, 1.807) is 0 Å². The van der Waals surface area contributed by atoms with Gasteiger partial charge in [0.25, 0.3) is 0 Å². The molecule has 0 saturated carbocycles. The maximum atomic E-state index is 6.14. The van der Waals surface area contributed by atoms with E-state index in [9.17, 15) is 0 Å². The number of halogens is 1. The van der Waals surface area contributed by atoms with E-state index in [2.05, 4.69) is 55.4 Å². The Hall–Kier alpha value is -1.31. The number of rotatable bonds is 2. The summed E-state index contributed by atoms with van der Waals surface area (Å²) in [7, 11) is 4.31. The lowest BCUT2D eigenvalue weighted by atomic mass is 9.93. The van der Waals surface area contributed by atoms with Crippen molar-refractivity contribution in [1.29, 1.82) is 0 Å². The highest BCUT2D eigenvalue weighted by Gasteiger charge is 2.32. The Morgan fingerprint density at radius 2 is 1.74 bits per heavy atom. The van der Waals surface area contributed by atoms with Gasteiger partial charge in [0.15, 0.2) is 0 Å². The monoisotopic (exact) mass is 271 g/mol. The highest BCUT2D eigenvalue weighted by atomic mass is 35.5. The lowest BCUT2D eigenvalue weighted by Gasteiger charge is -2.20. The van der Waals surface area contributed by atoms with Crippen LogP contribution >= 0.6 is 11.6 Å². The molecule has 3 rings (SSSR count). The molecule has 0 unspecified atom stereocenters. The van der Waals surface area contributed by atoms with E-state index in [0.717, 1.165) is 11.4 Å². The molecule has 0 spiro atoms. The van der Waals surface area contributed by atoms with Crippen LogP contribution in [0.25, 0.3) is 0 Å². The Balaban J connectivity index is 2.06. The van der Waals surface area contributed by atoms with Crippen molar-refractivity contribution in [3.05, 3.63) is 70.2 Å². The van der Waals surface area contributed by atoms with Crippen LogP contribution in [-0.4, -0.2) is 19.0 Å². The molecular formula is C17H18ClN. The van der Waals surface area contributed by atoms with E-state index in [4.69, 9.17) is 11.6 Å². The number of benzene rings is 2. The van der Waals surface area contributed by atoms with Crippen LogP contribution in [0.4, 0.5) is 0 Å². The molecule has 0 saturated heterocycles. The standard InChI is InChI=1S/C17H18ClN/c1-19(2)17-11-16(12-6-5-7-13(18)10-12)14-8-3-4-9-15(14)17/h3-10,16-17H,11H2,1-2H3/t16-,17-/m0/s1. The molecule has 1 aliphatic rings. The molecule has 0 fully saturated rings. The molecule has 0 radical (unpaired) electrons. The number of nitrogens with zero attached hydrogens (tertiary/aromatic N) is 1. The molecule has 2 heteroatoms. The maximum Gasteiger partial charge on any atom is 0.0408 e. The second-order valence-corrected chi connectivity index (χ2v) is 5.89. The number of hydrogen-bond acceptors (Lipinski definition) is 1. The summed E-state index contributed by atoms with van der Waals surface area (Å²) in [6.07, 6.45) is 1.13. The van der Waals surface area contributed by atoms with Crippen LogP contribution in [0.1, 0.15) is 35.1 Å². The van der Waals surface area contributed by atoms with Crippen molar-refractivity contribution >= 4 is 11.6 Å². The van der Waals surface area contributed by atoms with Gasteiger partial charge >= 0.3 is 0 Å². The minimum atomic E-state index is 0.460. The van der Waals surface area contributed by atoms with Crippen molar-refractivity contribution in [1.82, 2.24) is 4.90 Å². The van der Waals surface area contributed by atoms with Gasteiger partial charge in [-0.05, 0) is 49.3 Å². The Labute approximate surface area is 119 Å². The zero-order chi connectivity index (χ0) is 13.4. The van der Waals surface area contributed by atoms with Crippen molar-refractivity contribution in [3.8, 4) is 0 Å². The molecule has 0 bridgehead atoms. The molecule has 98 valence electrons. The third-order valence-electron chi connectivity index (χ3n) is 4.06. The Kier molecular flexibility index (Phi) is 3.34. The Morgan fingerprint density at radius 1 is 1.00 bits per heavy atom. The van der Waals surface area contributed by atoms with Crippen LogP contribution in [0.3, 0.4) is 0 Å². The fourth-order valence-corrected chi connectivity index (χ4v) is 3.34. The molecule has 2 aromatic carbocycles. The van der Waals surface area contributed by atoms with Gasteiger partial charge in [0.05, 0.1) is 0 Å². The summed E-state index contributed by atoms with van der Waals surface area (Å²) in [5.74, 6) is 0.460. The second kappa shape index (κ2) is 4.99. The van der Waals surface area contributed by atoms with E-state index in [0.29, 0.717) is 12.0 Å². The summed E-state index contributed by atoms with van der Waals surface area (Å²) in [6, 6.07) is 17.5. The third-order valence-corrected chi connectivity index (χ3v) is 4.30. The first-order chi connectivity index (χ1) is 9.16. The van der Waals surface area contributed by atoms with Gasteiger partial charge < -0.3 is 4.90 Å². The van der Waals surface area contributed by atoms with E-state index < -0.39 is 0 Å². The molecule has 0 aromatic heterocycles. The summed E-state index contributed by atoms with van der Waals surface area (Å²) in [5, 5.41) is 0.822. The summed E-state index contributed by atoms with van der Waals surface area (Å²) in [4.78, 5) is 2.31. The van der Waals surface area contributed by atoms with E-state index in [-0.39, 0.29) is 0 Å². The van der Waals surface area contributed by atoms with Gasteiger partial charge in [0.1, 0.15) is 0 Å². The SMILES string of the molecule is CN(C)[C@H]1C[C@@H](c2cccc(Cl)c2)c2ccccc21. The zero-order valence-corrected chi connectivity index (χ0v) is 12.1. The predicted molar refractivity (Wildman–Crippen MR) is 80.8 cm³/mol. The molecule has 0 amide bonds. The lowest BCUT2D eigenvalue weighted by Crippen LogP contribution is -2.17. The van der Waals surface area contributed by atoms with Crippen LogP contribution in [0.5, 0.6) is 0 Å². The zero-order valence-electron chi connectivity index (χ0n) is 11.3. The first kappa shape index (κ1) is 12.7. The van der Waals surface area contributed by atoms with Crippen molar-refractivity contribution < 1.29 is 0 Å². The molecule has 1 aliphatic carbocycles. The lowest BCUT2D eigenvalue weighted by molar-refractivity contribution is 0.293. The maximum absolute atomic E-state index is 6.14. The first-order valence-corrected chi connectivity index (χ1v) is 7.05. The van der Waals surface area contributed by atoms with Crippen LogP contribution in [0.15, 0.2) is 48.5 Å². The highest BCUT2D eigenvalue weighted by molar-refractivity contribution is 6.30. The molecular weight excluding hydrogens is 254 g/mol.